The van der Waals surface area contributed by atoms with E-state index in [1.54, 1.807) is 0 Å². The van der Waals surface area contributed by atoms with Gasteiger partial charge in [0.1, 0.15) is 0 Å². The maximum atomic E-state index is 6.32. The predicted octanol–water partition coefficient (Wildman–Crippen LogP) is 3.11. The van der Waals surface area contributed by atoms with Crippen LogP contribution in [0.4, 0.5) is 5.69 Å². The van der Waals surface area contributed by atoms with Crippen molar-refractivity contribution in [3.63, 3.8) is 0 Å². The largest absolute Gasteiger partial charge is 0.374 e. The van der Waals surface area contributed by atoms with Crippen LogP contribution in [-0.4, -0.2) is 26.7 Å². The van der Waals surface area contributed by atoms with Crippen molar-refractivity contribution in [3.05, 3.63) is 28.3 Å². The summed E-state index contributed by atoms with van der Waals surface area (Å²) in [6.07, 6.45) is 3.82. The van der Waals surface area contributed by atoms with Crippen LogP contribution >= 0.6 is 11.6 Å². The van der Waals surface area contributed by atoms with E-state index in [0.29, 0.717) is 5.41 Å². The van der Waals surface area contributed by atoms with Gasteiger partial charge < -0.3 is 10.2 Å². The van der Waals surface area contributed by atoms with E-state index >= 15 is 0 Å². The number of hydrogen-bond donors (Lipinski definition) is 1. The first-order valence-electron chi connectivity index (χ1n) is 6.85. The van der Waals surface area contributed by atoms with Crippen molar-refractivity contribution >= 4 is 17.3 Å². The van der Waals surface area contributed by atoms with Crippen LogP contribution in [0.15, 0.2) is 12.1 Å². The van der Waals surface area contributed by atoms with Gasteiger partial charge in [-0.25, -0.2) is 0 Å². The minimum absolute atomic E-state index is 0.343. The summed E-state index contributed by atoms with van der Waals surface area (Å²) in [7, 11) is 2.20. The van der Waals surface area contributed by atoms with E-state index in [9.17, 15) is 0 Å². The van der Waals surface area contributed by atoms with Gasteiger partial charge in [0.2, 0.25) is 0 Å². The summed E-state index contributed by atoms with van der Waals surface area (Å²) in [6, 6.07) is 4.34. The van der Waals surface area contributed by atoms with Gasteiger partial charge in [0.25, 0.3) is 0 Å². The fraction of sp³-hybridized carbons (Fsp3) is 0.600. The van der Waals surface area contributed by atoms with Crippen LogP contribution in [0, 0.1) is 6.92 Å². The second-order valence-corrected chi connectivity index (χ2v) is 6.21. The molecule has 18 heavy (non-hydrogen) atoms. The molecule has 1 fully saturated rings. The van der Waals surface area contributed by atoms with Crippen LogP contribution in [0.3, 0.4) is 0 Å². The Morgan fingerprint density at radius 1 is 1.33 bits per heavy atom. The third kappa shape index (κ3) is 1.74. The number of fused-ring (bicyclic) bond motifs is 2. The van der Waals surface area contributed by atoms with Gasteiger partial charge in [0.15, 0.2) is 0 Å². The molecular formula is C15H21ClN2. The highest BCUT2D eigenvalue weighted by Crippen LogP contribution is 2.45. The van der Waals surface area contributed by atoms with E-state index in [1.807, 2.05) is 0 Å². The molecule has 1 spiro atoms. The molecular weight excluding hydrogens is 244 g/mol. The molecule has 1 aromatic rings. The van der Waals surface area contributed by atoms with Crippen molar-refractivity contribution in [1.82, 2.24) is 5.32 Å². The maximum Gasteiger partial charge on any atom is 0.0456 e. The molecule has 3 rings (SSSR count). The molecule has 2 aliphatic rings. The molecule has 1 aromatic carbocycles. The van der Waals surface area contributed by atoms with Gasteiger partial charge >= 0.3 is 0 Å². The van der Waals surface area contributed by atoms with Crippen molar-refractivity contribution in [2.75, 3.05) is 31.6 Å². The molecule has 0 bridgehead atoms. The summed E-state index contributed by atoms with van der Waals surface area (Å²) < 4.78 is 0. The van der Waals surface area contributed by atoms with Crippen LogP contribution in [0.1, 0.15) is 30.4 Å². The van der Waals surface area contributed by atoms with Gasteiger partial charge in [-0.3, -0.25) is 0 Å². The lowest BCUT2D eigenvalue weighted by atomic mass is 9.75. The van der Waals surface area contributed by atoms with Crippen molar-refractivity contribution in [3.8, 4) is 0 Å². The number of rotatable bonds is 0. The average molecular weight is 265 g/mol. The fourth-order valence-corrected chi connectivity index (χ4v) is 3.84. The SMILES string of the molecule is Cc1c(Cl)ccc2c1N(C)CCCC21CCNC1. The molecule has 98 valence electrons. The molecule has 1 atom stereocenters. The fourth-order valence-electron chi connectivity index (χ4n) is 3.68. The molecule has 0 saturated carbocycles. The van der Waals surface area contributed by atoms with Gasteiger partial charge in [-0.05, 0) is 49.9 Å². The second kappa shape index (κ2) is 4.43. The molecule has 3 heteroatoms. The van der Waals surface area contributed by atoms with Gasteiger partial charge in [0, 0.05) is 36.3 Å². The number of hydrogen-bond acceptors (Lipinski definition) is 2. The Bertz CT molecular complexity index is 464. The predicted molar refractivity (Wildman–Crippen MR) is 77.9 cm³/mol. The summed E-state index contributed by atoms with van der Waals surface area (Å²) >= 11 is 6.32. The first kappa shape index (κ1) is 12.3. The van der Waals surface area contributed by atoms with Crippen LogP contribution in [0.5, 0.6) is 0 Å². The molecule has 0 radical (unpaired) electrons. The molecule has 0 aromatic heterocycles. The topological polar surface area (TPSA) is 15.3 Å². The van der Waals surface area contributed by atoms with Gasteiger partial charge in [-0.1, -0.05) is 17.7 Å². The number of benzene rings is 1. The van der Waals surface area contributed by atoms with Crippen LogP contribution in [0.2, 0.25) is 5.02 Å². The molecule has 1 saturated heterocycles. The summed E-state index contributed by atoms with van der Waals surface area (Å²) in [4.78, 5) is 2.39. The first-order valence-corrected chi connectivity index (χ1v) is 7.23. The zero-order valence-corrected chi connectivity index (χ0v) is 12.0. The minimum atomic E-state index is 0.343. The summed E-state index contributed by atoms with van der Waals surface area (Å²) in [5.74, 6) is 0. The Labute approximate surface area is 114 Å². The molecule has 0 amide bonds. The number of nitrogens with one attached hydrogen (secondary N) is 1. The Kier molecular flexibility index (Phi) is 3.03. The van der Waals surface area contributed by atoms with E-state index in [2.05, 4.69) is 36.3 Å². The Morgan fingerprint density at radius 3 is 2.89 bits per heavy atom. The normalized spacial score (nSPS) is 27.4. The van der Waals surface area contributed by atoms with E-state index < -0.39 is 0 Å². The number of anilines is 1. The molecule has 2 nitrogen and oxygen atoms in total. The Morgan fingerprint density at radius 2 is 2.17 bits per heavy atom. The van der Waals surface area contributed by atoms with E-state index in [4.69, 9.17) is 11.6 Å². The Balaban J connectivity index is 2.20. The zero-order chi connectivity index (χ0) is 12.8. The molecule has 0 aliphatic carbocycles. The lowest BCUT2D eigenvalue weighted by molar-refractivity contribution is 0.431. The smallest absolute Gasteiger partial charge is 0.0456 e. The van der Waals surface area contributed by atoms with E-state index in [0.717, 1.165) is 24.7 Å². The number of halogens is 1. The highest BCUT2D eigenvalue weighted by molar-refractivity contribution is 6.31. The summed E-state index contributed by atoms with van der Waals surface area (Å²) in [6.45, 7) is 5.55. The van der Waals surface area contributed by atoms with Crippen molar-refractivity contribution in [2.45, 2.75) is 31.6 Å². The monoisotopic (exact) mass is 264 g/mol. The van der Waals surface area contributed by atoms with Gasteiger partial charge in [-0.2, -0.15) is 0 Å². The first-order chi connectivity index (χ1) is 8.64. The van der Waals surface area contributed by atoms with E-state index in [-0.39, 0.29) is 0 Å². The third-order valence-electron chi connectivity index (χ3n) is 4.71. The second-order valence-electron chi connectivity index (χ2n) is 5.80. The Hall–Kier alpha value is -0.730. The van der Waals surface area contributed by atoms with Crippen molar-refractivity contribution in [1.29, 1.82) is 0 Å². The molecule has 2 aliphatic heterocycles. The van der Waals surface area contributed by atoms with Crippen LogP contribution in [-0.2, 0) is 5.41 Å². The average Bonchev–Trinajstić information content (AvgIpc) is 2.76. The van der Waals surface area contributed by atoms with Crippen LogP contribution < -0.4 is 10.2 Å². The van der Waals surface area contributed by atoms with Crippen molar-refractivity contribution < 1.29 is 0 Å². The lowest BCUT2D eigenvalue weighted by Crippen LogP contribution is -2.29. The van der Waals surface area contributed by atoms with Gasteiger partial charge in [-0.15, -0.1) is 0 Å². The zero-order valence-electron chi connectivity index (χ0n) is 11.2. The summed E-state index contributed by atoms with van der Waals surface area (Å²) in [5, 5.41) is 4.44. The standard InChI is InChI=1S/C15H21ClN2/c1-11-13(16)5-4-12-14(11)18(2)9-3-6-15(12)7-8-17-10-15/h4-5,17H,3,6-10H2,1-2H3. The summed E-state index contributed by atoms with van der Waals surface area (Å²) in [5.41, 5.74) is 4.47. The van der Waals surface area contributed by atoms with E-state index in [1.165, 1.54) is 36.1 Å². The maximum absolute atomic E-state index is 6.32. The molecule has 1 unspecified atom stereocenters. The number of nitrogens with zero attached hydrogens (tertiary/aromatic N) is 1. The third-order valence-corrected chi connectivity index (χ3v) is 5.12. The highest BCUT2D eigenvalue weighted by atomic mass is 35.5. The molecule has 1 N–H and O–H groups in total. The molecule has 2 heterocycles. The van der Waals surface area contributed by atoms with Crippen molar-refractivity contribution in [2.24, 2.45) is 0 Å². The minimum Gasteiger partial charge on any atom is -0.374 e. The van der Waals surface area contributed by atoms with Crippen LogP contribution in [0.25, 0.3) is 0 Å². The quantitative estimate of drug-likeness (QED) is 0.775. The lowest BCUT2D eigenvalue weighted by Gasteiger charge is -2.31. The highest BCUT2D eigenvalue weighted by Gasteiger charge is 2.39. The van der Waals surface area contributed by atoms with Gasteiger partial charge in [0.05, 0.1) is 0 Å².